The molecule has 6 heteroatoms. The molecule has 0 aromatic heterocycles. The molecule has 0 radical (unpaired) electrons. The number of likely N-dealkylation sites (tertiary alicyclic amines) is 1. The molecule has 1 heterocycles. The van der Waals surface area contributed by atoms with Crippen LogP contribution in [0.2, 0.25) is 0 Å². The van der Waals surface area contributed by atoms with E-state index in [2.05, 4.69) is 15.5 Å². The topological polar surface area (TPSA) is 44.4 Å². The zero-order valence-corrected chi connectivity index (χ0v) is 13.1. The van der Waals surface area contributed by atoms with Crippen molar-refractivity contribution < 1.29 is 9.18 Å². The van der Waals surface area contributed by atoms with E-state index in [1.165, 1.54) is 18.9 Å². The average molecular weight is 316 g/mol. The fourth-order valence-electron chi connectivity index (χ4n) is 2.68. The molecule has 1 aromatic carbocycles. The number of hydrogen-bond acceptors (Lipinski definition) is 3. The molecule has 0 bridgehead atoms. The summed E-state index contributed by atoms with van der Waals surface area (Å²) in [6.45, 7) is 2.72. The van der Waals surface area contributed by atoms with Gasteiger partial charge in [0.05, 0.1) is 5.69 Å². The molecule has 1 fully saturated rings. The number of benzene rings is 1. The van der Waals surface area contributed by atoms with Crippen LogP contribution < -0.4 is 10.6 Å². The standard InChI is InChI=1S/C15H22FN3O.ClH/c1-17-11-12-5-4-9-19(12)10-8-15(20)18-14-7-3-2-6-13(14)16;/h2-3,6-7,12,17H,4-5,8-11H2,1H3,(H,18,20);1H. The molecule has 1 unspecified atom stereocenters. The first-order valence-corrected chi connectivity index (χ1v) is 7.13. The van der Waals surface area contributed by atoms with Crippen molar-refractivity contribution in [2.24, 2.45) is 0 Å². The highest BCUT2D eigenvalue weighted by Gasteiger charge is 2.23. The van der Waals surface area contributed by atoms with E-state index in [0.717, 1.165) is 19.6 Å². The van der Waals surface area contributed by atoms with Gasteiger partial charge in [0.15, 0.2) is 0 Å². The first kappa shape index (κ1) is 17.9. The van der Waals surface area contributed by atoms with Gasteiger partial charge in [0, 0.05) is 25.6 Å². The second-order valence-corrected chi connectivity index (χ2v) is 5.17. The third-order valence-corrected chi connectivity index (χ3v) is 3.71. The highest BCUT2D eigenvalue weighted by Crippen LogP contribution is 2.17. The summed E-state index contributed by atoms with van der Waals surface area (Å²) in [5.41, 5.74) is 0.255. The molecule has 1 aromatic rings. The maximum atomic E-state index is 13.4. The largest absolute Gasteiger partial charge is 0.324 e. The summed E-state index contributed by atoms with van der Waals surface area (Å²) in [6, 6.07) is 6.76. The maximum Gasteiger partial charge on any atom is 0.225 e. The molecule has 1 amide bonds. The van der Waals surface area contributed by atoms with Crippen LogP contribution >= 0.6 is 12.4 Å². The number of likely N-dealkylation sites (N-methyl/N-ethyl adjacent to an activating group) is 1. The first-order chi connectivity index (χ1) is 9.70. The quantitative estimate of drug-likeness (QED) is 0.846. The Morgan fingerprint density at radius 3 is 2.90 bits per heavy atom. The molecular formula is C15H23ClFN3O. The molecular weight excluding hydrogens is 293 g/mol. The lowest BCUT2D eigenvalue weighted by molar-refractivity contribution is -0.116. The van der Waals surface area contributed by atoms with E-state index in [1.807, 2.05) is 7.05 Å². The summed E-state index contributed by atoms with van der Waals surface area (Å²) in [4.78, 5) is 14.2. The summed E-state index contributed by atoms with van der Waals surface area (Å²) in [7, 11) is 1.95. The molecule has 4 nitrogen and oxygen atoms in total. The van der Waals surface area contributed by atoms with Crippen LogP contribution in [0.5, 0.6) is 0 Å². The Hall–Kier alpha value is -1.17. The van der Waals surface area contributed by atoms with Crippen molar-refractivity contribution in [3.8, 4) is 0 Å². The monoisotopic (exact) mass is 315 g/mol. The number of carbonyl (C=O) groups excluding carboxylic acids is 1. The number of para-hydroxylation sites is 1. The number of nitrogens with zero attached hydrogens (tertiary/aromatic N) is 1. The number of carbonyl (C=O) groups is 1. The Bertz CT molecular complexity index is 458. The molecule has 1 saturated heterocycles. The van der Waals surface area contributed by atoms with Crippen molar-refractivity contribution in [3.05, 3.63) is 30.1 Å². The first-order valence-electron chi connectivity index (χ1n) is 7.13. The second kappa shape index (κ2) is 8.97. The average Bonchev–Trinajstić information content (AvgIpc) is 2.87. The lowest BCUT2D eigenvalue weighted by Gasteiger charge is -2.23. The lowest BCUT2D eigenvalue weighted by Crippen LogP contribution is -2.38. The van der Waals surface area contributed by atoms with Crippen molar-refractivity contribution in [2.75, 3.05) is 32.0 Å². The van der Waals surface area contributed by atoms with Crippen LogP contribution in [0.1, 0.15) is 19.3 Å². The zero-order chi connectivity index (χ0) is 14.4. The van der Waals surface area contributed by atoms with Crippen LogP contribution in [0.15, 0.2) is 24.3 Å². The van der Waals surface area contributed by atoms with Gasteiger partial charge in [-0.3, -0.25) is 9.69 Å². The van der Waals surface area contributed by atoms with Gasteiger partial charge < -0.3 is 10.6 Å². The Morgan fingerprint density at radius 1 is 1.43 bits per heavy atom. The number of amides is 1. The number of nitrogens with one attached hydrogen (secondary N) is 2. The third kappa shape index (κ3) is 5.26. The molecule has 21 heavy (non-hydrogen) atoms. The van der Waals surface area contributed by atoms with Crippen LogP contribution in [0.3, 0.4) is 0 Å². The highest BCUT2D eigenvalue weighted by molar-refractivity contribution is 5.90. The fourth-order valence-corrected chi connectivity index (χ4v) is 2.68. The maximum absolute atomic E-state index is 13.4. The molecule has 2 rings (SSSR count). The van der Waals surface area contributed by atoms with Gasteiger partial charge >= 0.3 is 0 Å². The van der Waals surface area contributed by atoms with Crippen molar-refractivity contribution in [1.82, 2.24) is 10.2 Å². The summed E-state index contributed by atoms with van der Waals surface area (Å²) >= 11 is 0. The summed E-state index contributed by atoms with van der Waals surface area (Å²) < 4.78 is 13.4. The van der Waals surface area contributed by atoms with E-state index in [-0.39, 0.29) is 24.0 Å². The van der Waals surface area contributed by atoms with Gasteiger partial charge in [0.1, 0.15) is 5.82 Å². The number of halogens is 2. The van der Waals surface area contributed by atoms with Gasteiger partial charge in [0.25, 0.3) is 0 Å². The molecule has 1 aliphatic heterocycles. The van der Waals surface area contributed by atoms with Crippen LogP contribution in [0.25, 0.3) is 0 Å². The SMILES string of the molecule is CNCC1CCCN1CCC(=O)Nc1ccccc1F.Cl. The van der Waals surface area contributed by atoms with E-state index in [0.29, 0.717) is 12.5 Å². The number of hydrogen-bond donors (Lipinski definition) is 2. The summed E-state index contributed by atoms with van der Waals surface area (Å²) in [5, 5.41) is 5.81. The summed E-state index contributed by atoms with van der Waals surface area (Å²) in [6.07, 6.45) is 2.76. The van der Waals surface area contributed by atoms with Crippen LogP contribution in [0.4, 0.5) is 10.1 Å². The third-order valence-electron chi connectivity index (χ3n) is 3.71. The van der Waals surface area contributed by atoms with Crippen molar-refractivity contribution >= 4 is 24.0 Å². The van der Waals surface area contributed by atoms with Crippen LogP contribution in [0, 0.1) is 5.82 Å². The molecule has 0 aliphatic carbocycles. The molecule has 0 spiro atoms. The zero-order valence-electron chi connectivity index (χ0n) is 12.3. The van der Waals surface area contributed by atoms with Crippen molar-refractivity contribution in [1.29, 1.82) is 0 Å². The van der Waals surface area contributed by atoms with Gasteiger partial charge in [-0.15, -0.1) is 12.4 Å². The Balaban J connectivity index is 0.00000220. The van der Waals surface area contributed by atoms with Crippen LogP contribution in [-0.2, 0) is 4.79 Å². The van der Waals surface area contributed by atoms with E-state index >= 15 is 0 Å². The van der Waals surface area contributed by atoms with E-state index in [9.17, 15) is 9.18 Å². The van der Waals surface area contributed by atoms with E-state index < -0.39 is 5.82 Å². The second-order valence-electron chi connectivity index (χ2n) is 5.17. The minimum atomic E-state index is -0.393. The minimum absolute atomic E-state index is 0. The summed E-state index contributed by atoms with van der Waals surface area (Å²) in [5.74, 6) is -0.528. The predicted octanol–water partition coefficient (Wildman–Crippen LogP) is 2.26. The molecule has 0 saturated carbocycles. The van der Waals surface area contributed by atoms with Gasteiger partial charge in [-0.1, -0.05) is 12.1 Å². The Morgan fingerprint density at radius 2 is 2.19 bits per heavy atom. The Kier molecular flexibility index (Phi) is 7.64. The van der Waals surface area contributed by atoms with Crippen molar-refractivity contribution in [2.45, 2.75) is 25.3 Å². The normalized spacial score (nSPS) is 18.3. The highest BCUT2D eigenvalue weighted by atomic mass is 35.5. The lowest BCUT2D eigenvalue weighted by atomic mass is 10.2. The fraction of sp³-hybridized carbons (Fsp3) is 0.533. The minimum Gasteiger partial charge on any atom is -0.324 e. The predicted molar refractivity (Wildman–Crippen MR) is 85.4 cm³/mol. The smallest absolute Gasteiger partial charge is 0.225 e. The molecule has 1 atom stereocenters. The van der Waals surface area contributed by atoms with Gasteiger partial charge in [0.2, 0.25) is 5.91 Å². The molecule has 118 valence electrons. The van der Waals surface area contributed by atoms with E-state index in [1.54, 1.807) is 18.2 Å². The number of anilines is 1. The van der Waals surface area contributed by atoms with Gasteiger partial charge in [-0.05, 0) is 38.6 Å². The molecule has 2 N–H and O–H groups in total. The Labute approximate surface area is 131 Å². The van der Waals surface area contributed by atoms with Crippen LogP contribution in [-0.4, -0.2) is 43.5 Å². The number of rotatable bonds is 6. The van der Waals surface area contributed by atoms with Gasteiger partial charge in [-0.25, -0.2) is 4.39 Å². The van der Waals surface area contributed by atoms with Crippen molar-refractivity contribution in [3.63, 3.8) is 0 Å². The molecule has 1 aliphatic rings. The van der Waals surface area contributed by atoms with Gasteiger partial charge in [-0.2, -0.15) is 0 Å². The van der Waals surface area contributed by atoms with E-state index in [4.69, 9.17) is 0 Å².